The molecule has 2 aliphatic heterocycles. The van der Waals surface area contributed by atoms with E-state index in [-0.39, 0.29) is 42.2 Å². The number of carbonyl (C=O) groups excluding carboxylic acids is 2. The highest BCUT2D eigenvalue weighted by Gasteiger charge is 2.47. The molecule has 2 aliphatic rings. The van der Waals surface area contributed by atoms with Gasteiger partial charge in [0.05, 0.1) is 31.7 Å². The number of aromatic nitrogens is 2. The SMILES string of the molecule is C[C@@H]1[C@H](Cn2cnc(Cl)c2Cl)O[C@H](c2cccc(NC(=O)[C@@H]3CCCN3C(=O)C(F)(F)F)c2)O[C@@H]1c1ccc(CO)cc1. The van der Waals surface area contributed by atoms with Crippen LogP contribution in [0.3, 0.4) is 0 Å². The van der Waals surface area contributed by atoms with Gasteiger partial charge in [0.1, 0.15) is 11.2 Å². The van der Waals surface area contributed by atoms with Crippen molar-refractivity contribution in [3.8, 4) is 0 Å². The van der Waals surface area contributed by atoms with E-state index in [4.69, 9.17) is 32.7 Å². The number of imidazole rings is 1. The molecule has 3 aromatic rings. The average molecular weight is 641 g/mol. The van der Waals surface area contributed by atoms with Gasteiger partial charge in [-0.25, -0.2) is 4.98 Å². The average Bonchev–Trinajstić information content (AvgIpc) is 3.60. The lowest BCUT2D eigenvalue weighted by Crippen LogP contribution is -2.48. The number of nitrogens with one attached hydrogen (secondary N) is 1. The molecule has 1 aromatic heterocycles. The highest BCUT2D eigenvalue weighted by atomic mass is 35.5. The Morgan fingerprint density at radius 2 is 1.86 bits per heavy atom. The van der Waals surface area contributed by atoms with Crippen LogP contribution in [0.1, 0.15) is 48.8 Å². The first kappa shape index (κ1) is 31.3. The molecule has 3 heterocycles. The van der Waals surface area contributed by atoms with E-state index in [0.29, 0.717) is 22.7 Å². The van der Waals surface area contributed by atoms with Crippen molar-refractivity contribution in [2.24, 2.45) is 5.92 Å². The summed E-state index contributed by atoms with van der Waals surface area (Å²) in [5, 5.41) is 12.5. The monoisotopic (exact) mass is 640 g/mol. The Balaban J connectivity index is 1.38. The zero-order valence-corrected chi connectivity index (χ0v) is 24.4. The molecule has 0 spiro atoms. The molecular weight excluding hydrogens is 612 g/mol. The standard InChI is InChI=1S/C29H29Cl2F3N4O5/c1-16-22(13-37-15-35-24(30)25(37)31)42-27(43-23(16)18-9-7-17(14-39)8-10-18)19-4-2-5-20(12-19)36-26(40)21-6-3-11-38(21)28(41)29(32,33)34/h2,4-5,7-10,12,15-16,21-23,27,39H,3,6,11,13-14H2,1H3,(H,36,40)/t16-,21+,22+,23+,27+/m1/s1. The Hall–Kier alpha value is -3.16. The van der Waals surface area contributed by atoms with Gasteiger partial charge in [0.2, 0.25) is 5.91 Å². The van der Waals surface area contributed by atoms with Gasteiger partial charge in [-0.2, -0.15) is 13.2 Å². The summed E-state index contributed by atoms with van der Waals surface area (Å²) in [6.07, 6.45) is -4.89. The van der Waals surface area contributed by atoms with Crippen LogP contribution in [0.15, 0.2) is 54.9 Å². The smallest absolute Gasteiger partial charge is 0.392 e. The van der Waals surface area contributed by atoms with E-state index in [1.54, 1.807) is 28.8 Å². The fourth-order valence-corrected chi connectivity index (χ4v) is 5.74. The second kappa shape index (κ2) is 12.8. The predicted octanol–water partition coefficient (Wildman–Crippen LogP) is 5.67. The lowest BCUT2D eigenvalue weighted by Gasteiger charge is -2.41. The summed E-state index contributed by atoms with van der Waals surface area (Å²) in [5.74, 6) is -2.91. The molecule has 5 atom stereocenters. The number of halogens is 5. The number of ether oxygens (including phenoxy) is 2. The first-order valence-electron chi connectivity index (χ1n) is 13.6. The summed E-state index contributed by atoms with van der Waals surface area (Å²) < 4.78 is 53.7. The Labute approximate surface area is 255 Å². The van der Waals surface area contributed by atoms with Crippen LogP contribution in [0.5, 0.6) is 0 Å². The van der Waals surface area contributed by atoms with Gasteiger partial charge in [-0.3, -0.25) is 9.59 Å². The van der Waals surface area contributed by atoms with Gasteiger partial charge in [0.25, 0.3) is 0 Å². The molecule has 2 saturated heterocycles. The van der Waals surface area contributed by atoms with Crippen LogP contribution in [0.2, 0.25) is 10.3 Å². The summed E-state index contributed by atoms with van der Waals surface area (Å²) in [4.78, 5) is 29.4. The minimum absolute atomic E-state index is 0.100. The molecule has 0 bridgehead atoms. The number of likely N-dealkylation sites (tertiary alicyclic amines) is 1. The third-order valence-electron chi connectivity index (χ3n) is 7.72. The zero-order valence-electron chi connectivity index (χ0n) is 22.9. The molecule has 9 nitrogen and oxygen atoms in total. The summed E-state index contributed by atoms with van der Waals surface area (Å²) >= 11 is 12.4. The fraction of sp³-hybridized carbons (Fsp3) is 0.414. The summed E-state index contributed by atoms with van der Waals surface area (Å²) in [7, 11) is 0. The number of alkyl halides is 3. The summed E-state index contributed by atoms with van der Waals surface area (Å²) in [6, 6.07) is 12.8. The molecule has 230 valence electrons. The molecule has 2 fully saturated rings. The van der Waals surface area contributed by atoms with E-state index in [9.17, 15) is 27.9 Å². The van der Waals surface area contributed by atoms with Crippen molar-refractivity contribution >= 4 is 40.7 Å². The number of amides is 2. The number of benzene rings is 2. The Morgan fingerprint density at radius 1 is 1.12 bits per heavy atom. The van der Waals surface area contributed by atoms with Crippen molar-refractivity contribution in [2.75, 3.05) is 11.9 Å². The molecule has 2 amide bonds. The maximum absolute atomic E-state index is 13.1. The fourth-order valence-electron chi connectivity index (χ4n) is 5.43. The third-order valence-corrected chi connectivity index (χ3v) is 8.49. The highest BCUT2D eigenvalue weighted by Crippen LogP contribution is 2.43. The molecule has 0 saturated carbocycles. The Bertz CT molecular complexity index is 1470. The van der Waals surface area contributed by atoms with E-state index in [1.165, 1.54) is 6.33 Å². The number of carbonyl (C=O) groups is 2. The molecular formula is C29H29Cl2F3N4O5. The Morgan fingerprint density at radius 3 is 2.51 bits per heavy atom. The van der Waals surface area contributed by atoms with Gasteiger partial charge in [0, 0.05) is 23.7 Å². The van der Waals surface area contributed by atoms with Crippen LogP contribution in [0.4, 0.5) is 18.9 Å². The van der Waals surface area contributed by atoms with Crippen molar-refractivity contribution in [1.82, 2.24) is 14.5 Å². The first-order chi connectivity index (χ1) is 20.5. The molecule has 2 aromatic carbocycles. The maximum atomic E-state index is 13.1. The molecule has 43 heavy (non-hydrogen) atoms. The van der Waals surface area contributed by atoms with Gasteiger partial charge in [0.15, 0.2) is 11.4 Å². The highest BCUT2D eigenvalue weighted by molar-refractivity contribution is 6.40. The van der Waals surface area contributed by atoms with Crippen LogP contribution in [0.25, 0.3) is 0 Å². The molecule has 14 heteroatoms. The van der Waals surface area contributed by atoms with Gasteiger partial charge in [-0.05, 0) is 36.1 Å². The number of rotatable bonds is 7. The number of nitrogens with zero attached hydrogens (tertiary/aromatic N) is 3. The number of hydrogen-bond donors (Lipinski definition) is 2. The minimum atomic E-state index is -5.06. The van der Waals surface area contributed by atoms with Crippen LogP contribution < -0.4 is 5.32 Å². The van der Waals surface area contributed by atoms with Crippen molar-refractivity contribution in [1.29, 1.82) is 0 Å². The van der Waals surface area contributed by atoms with Crippen LogP contribution >= 0.6 is 23.2 Å². The number of anilines is 1. The molecule has 0 radical (unpaired) electrons. The quantitative estimate of drug-likeness (QED) is 0.345. The van der Waals surface area contributed by atoms with Crippen LogP contribution in [0, 0.1) is 5.92 Å². The van der Waals surface area contributed by atoms with Gasteiger partial charge in [-0.15, -0.1) is 0 Å². The largest absolute Gasteiger partial charge is 0.471 e. The van der Waals surface area contributed by atoms with Crippen molar-refractivity contribution in [3.05, 3.63) is 81.9 Å². The van der Waals surface area contributed by atoms with Gasteiger partial charge < -0.3 is 29.4 Å². The molecule has 5 rings (SSSR count). The number of aliphatic hydroxyl groups is 1. The summed E-state index contributed by atoms with van der Waals surface area (Å²) in [6.45, 7) is 2.04. The summed E-state index contributed by atoms with van der Waals surface area (Å²) in [5.41, 5.74) is 2.47. The van der Waals surface area contributed by atoms with E-state index >= 15 is 0 Å². The van der Waals surface area contributed by atoms with E-state index in [2.05, 4.69) is 10.3 Å². The predicted molar refractivity (Wildman–Crippen MR) is 151 cm³/mol. The zero-order chi connectivity index (χ0) is 30.9. The second-order valence-electron chi connectivity index (χ2n) is 10.6. The molecule has 2 N–H and O–H groups in total. The lowest BCUT2D eigenvalue weighted by molar-refractivity contribution is -0.276. The van der Waals surface area contributed by atoms with Crippen molar-refractivity contribution in [3.63, 3.8) is 0 Å². The van der Waals surface area contributed by atoms with Crippen molar-refractivity contribution in [2.45, 2.75) is 63.6 Å². The maximum Gasteiger partial charge on any atom is 0.471 e. The normalized spacial score (nSPS) is 24.3. The van der Waals surface area contributed by atoms with Gasteiger partial charge in [-0.1, -0.05) is 66.5 Å². The van der Waals surface area contributed by atoms with Crippen molar-refractivity contribution < 1.29 is 37.3 Å². The first-order valence-corrected chi connectivity index (χ1v) is 14.4. The minimum Gasteiger partial charge on any atom is -0.392 e. The Kier molecular flexibility index (Phi) is 9.33. The van der Waals surface area contributed by atoms with Crippen LogP contribution in [-0.4, -0.2) is 56.2 Å². The second-order valence-corrected chi connectivity index (χ2v) is 11.3. The third kappa shape index (κ3) is 6.83. The number of hydrogen-bond acceptors (Lipinski definition) is 6. The topological polar surface area (TPSA) is 106 Å². The molecule has 0 aliphatic carbocycles. The number of aliphatic hydroxyl groups excluding tert-OH is 1. The van der Waals surface area contributed by atoms with E-state index in [1.807, 2.05) is 31.2 Å². The van der Waals surface area contributed by atoms with E-state index in [0.717, 1.165) is 11.1 Å². The lowest BCUT2D eigenvalue weighted by atomic mass is 9.90. The van der Waals surface area contributed by atoms with Gasteiger partial charge >= 0.3 is 12.1 Å². The van der Waals surface area contributed by atoms with Crippen LogP contribution in [-0.2, 0) is 32.2 Å². The molecule has 0 unspecified atom stereocenters. The van der Waals surface area contributed by atoms with E-state index < -0.39 is 42.5 Å².